The number of rotatable bonds is 4. The number of alkyl halides is 7. The largest absolute Gasteiger partial charge is 0.476 e. The Hall–Kier alpha value is -1.81. The quantitative estimate of drug-likeness (QED) is 0.262. The van der Waals surface area contributed by atoms with Crippen molar-refractivity contribution in [3.05, 3.63) is 12.2 Å². The van der Waals surface area contributed by atoms with E-state index in [0.29, 0.717) is 7.11 Å². The second-order valence-electron chi connectivity index (χ2n) is 2.95. The van der Waals surface area contributed by atoms with Crippen molar-refractivity contribution in [2.45, 2.75) is 18.2 Å². The summed E-state index contributed by atoms with van der Waals surface area (Å²) in [6.45, 7) is 2.55. The van der Waals surface area contributed by atoms with Crippen LogP contribution in [-0.4, -0.2) is 37.3 Å². The summed E-state index contributed by atoms with van der Waals surface area (Å²) in [6, 6.07) is 0. The molecule has 0 unspecified atom stereocenters. The molecule has 0 rings (SSSR count). The summed E-state index contributed by atoms with van der Waals surface area (Å²) in [5.74, 6) is -10.7. The van der Waals surface area contributed by atoms with E-state index in [1.54, 1.807) is 0 Å². The van der Waals surface area contributed by atoms with Crippen molar-refractivity contribution < 1.29 is 49.8 Å². The minimum Gasteiger partial charge on any atom is -0.465 e. The minimum absolute atomic E-state index is 0.684. The zero-order valence-corrected chi connectivity index (χ0v) is 8.99. The lowest BCUT2D eigenvalue weighted by Gasteiger charge is -2.26. The number of halogens is 7. The molecule has 0 atom stereocenters. The van der Waals surface area contributed by atoms with Crippen LogP contribution in [0.2, 0.25) is 0 Å². The molecule has 0 aliphatic carbocycles. The van der Waals surface area contributed by atoms with Gasteiger partial charge in [0.25, 0.3) is 0 Å². The third kappa shape index (κ3) is 3.35. The first-order valence-corrected chi connectivity index (χ1v) is 4.11. The van der Waals surface area contributed by atoms with Gasteiger partial charge < -0.3 is 9.47 Å². The molecule has 0 saturated carbocycles. The van der Waals surface area contributed by atoms with Gasteiger partial charge in [0.05, 0.1) is 7.11 Å². The fourth-order valence-corrected chi connectivity index (χ4v) is 0.614. The molecule has 0 radical (unpaired) electrons. The third-order valence-electron chi connectivity index (χ3n) is 1.62. The molecule has 0 spiro atoms. The van der Waals surface area contributed by atoms with Crippen LogP contribution < -0.4 is 0 Å². The van der Waals surface area contributed by atoms with E-state index in [1.807, 2.05) is 0 Å². The van der Waals surface area contributed by atoms with Gasteiger partial charge in [0.15, 0.2) is 0 Å². The summed E-state index contributed by atoms with van der Waals surface area (Å²) in [6.07, 6.45) is -12.9. The molecule has 0 amide bonds. The Labute approximate surface area is 100 Å². The highest BCUT2D eigenvalue weighted by Gasteiger charge is 2.76. The summed E-state index contributed by atoms with van der Waals surface area (Å²) in [5.41, 5.74) is -1.47. The second-order valence-corrected chi connectivity index (χ2v) is 2.95. The first-order chi connectivity index (χ1) is 8.28. The lowest BCUT2D eigenvalue weighted by molar-refractivity contribution is -0.411. The van der Waals surface area contributed by atoms with Crippen LogP contribution in [-0.2, 0) is 19.1 Å². The Balaban J connectivity index is 5.13. The maximum absolute atomic E-state index is 12.6. The first kappa shape index (κ1) is 17.2. The van der Waals surface area contributed by atoms with Gasteiger partial charge in [-0.3, -0.25) is 0 Å². The lowest BCUT2D eigenvalue weighted by atomic mass is 10.3. The number of ether oxygens (including phenoxy) is 2. The molecule has 4 nitrogen and oxygen atoms in total. The average Bonchev–Trinajstić information content (AvgIpc) is 2.24. The molecule has 11 heteroatoms. The molecule has 19 heavy (non-hydrogen) atoms. The van der Waals surface area contributed by atoms with Crippen molar-refractivity contribution in [2.75, 3.05) is 7.11 Å². The molecular formula is C8H5F7O4. The molecule has 0 aromatic rings. The van der Waals surface area contributed by atoms with Crippen LogP contribution in [0, 0.1) is 0 Å². The van der Waals surface area contributed by atoms with E-state index >= 15 is 0 Å². The zero-order valence-electron chi connectivity index (χ0n) is 8.99. The summed E-state index contributed by atoms with van der Waals surface area (Å²) in [5, 5.41) is 0. The van der Waals surface area contributed by atoms with Gasteiger partial charge >= 0.3 is 30.1 Å². The van der Waals surface area contributed by atoms with Crippen molar-refractivity contribution in [3.63, 3.8) is 0 Å². The van der Waals surface area contributed by atoms with Gasteiger partial charge in [-0.2, -0.15) is 30.7 Å². The average molecular weight is 298 g/mol. The molecule has 0 saturated heterocycles. The third-order valence-corrected chi connectivity index (χ3v) is 1.62. The maximum atomic E-state index is 12.6. The molecule has 0 fully saturated rings. The Bertz CT molecular complexity index is 398. The molecule has 0 bridgehead atoms. The van der Waals surface area contributed by atoms with Crippen molar-refractivity contribution in [1.29, 1.82) is 0 Å². The van der Waals surface area contributed by atoms with Crippen molar-refractivity contribution in [2.24, 2.45) is 0 Å². The normalized spacial score (nSPS) is 12.8. The van der Waals surface area contributed by atoms with E-state index in [-0.39, 0.29) is 0 Å². The van der Waals surface area contributed by atoms with Crippen LogP contribution >= 0.6 is 0 Å². The Kier molecular flexibility index (Phi) is 4.57. The van der Waals surface area contributed by atoms with Gasteiger partial charge in [0.2, 0.25) is 0 Å². The van der Waals surface area contributed by atoms with Crippen molar-refractivity contribution >= 4 is 11.9 Å². The number of esters is 2. The number of methoxy groups -OCH3 is 1. The highest BCUT2D eigenvalue weighted by Crippen LogP contribution is 2.47. The summed E-state index contributed by atoms with van der Waals surface area (Å²) < 4.78 is 91.3. The highest BCUT2D eigenvalue weighted by atomic mass is 19.4. The molecular weight excluding hydrogens is 293 g/mol. The fourth-order valence-electron chi connectivity index (χ4n) is 0.614. The van der Waals surface area contributed by atoms with Gasteiger partial charge in [-0.05, 0) is 0 Å². The fraction of sp³-hybridized carbons (Fsp3) is 0.500. The van der Waals surface area contributed by atoms with Crippen LogP contribution in [0.15, 0.2) is 12.2 Å². The topological polar surface area (TPSA) is 52.6 Å². The number of hydrogen-bond donors (Lipinski definition) is 0. The van der Waals surface area contributed by atoms with Crippen LogP contribution in [0.25, 0.3) is 0 Å². The van der Waals surface area contributed by atoms with Crippen LogP contribution in [0.4, 0.5) is 30.7 Å². The molecule has 110 valence electrons. The number of carbonyl (C=O) groups is 2. The second kappa shape index (κ2) is 5.05. The standard InChI is InChI=1S/C8H5F7O4/c1-3(4(16)18-2)5(17)19-8(14,15)6(9,10)7(11,12)13/h1H2,2H3. The van der Waals surface area contributed by atoms with Crippen LogP contribution in [0.5, 0.6) is 0 Å². The summed E-state index contributed by atoms with van der Waals surface area (Å²) in [4.78, 5) is 21.3. The molecule has 0 aromatic heterocycles. The van der Waals surface area contributed by atoms with Crippen LogP contribution in [0.3, 0.4) is 0 Å². The number of hydrogen-bond acceptors (Lipinski definition) is 4. The molecule has 0 heterocycles. The van der Waals surface area contributed by atoms with Gasteiger partial charge in [-0.15, -0.1) is 0 Å². The molecule has 0 aliphatic heterocycles. The monoisotopic (exact) mass is 298 g/mol. The van der Waals surface area contributed by atoms with E-state index in [1.165, 1.54) is 0 Å². The summed E-state index contributed by atoms with van der Waals surface area (Å²) in [7, 11) is 0.684. The predicted molar refractivity (Wildman–Crippen MR) is 43.2 cm³/mol. The SMILES string of the molecule is C=C(C(=O)OC)C(=O)OC(F)(F)C(F)(F)C(F)(F)F. The zero-order chi connectivity index (χ0) is 15.6. The van der Waals surface area contributed by atoms with E-state index in [9.17, 15) is 40.3 Å². The van der Waals surface area contributed by atoms with Crippen molar-refractivity contribution in [3.8, 4) is 0 Å². The van der Waals surface area contributed by atoms with E-state index < -0.39 is 35.7 Å². The van der Waals surface area contributed by atoms with Crippen LogP contribution in [0.1, 0.15) is 0 Å². The van der Waals surface area contributed by atoms with E-state index in [4.69, 9.17) is 0 Å². The summed E-state index contributed by atoms with van der Waals surface area (Å²) >= 11 is 0. The van der Waals surface area contributed by atoms with Gasteiger partial charge in [0.1, 0.15) is 5.57 Å². The molecule has 0 aliphatic rings. The van der Waals surface area contributed by atoms with Gasteiger partial charge in [0, 0.05) is 0 Å². The van der Waals surface area contributed by atoms with Gasteiger partial charge in [-0.1, -0.05) is 6.58 Å². The Morgan fingerprint density at radius 1 is 0.947 bits per heavy atom. The van der Waals surface area contributed by atoms with Gasteiger partial charge in [-0.25, -0.2) is 9.59 Å². The molecule has 0 N–H and O–H groups in total. The van der Waals surface area contributed by atoms with E-state index in [0.717, 1.165) is 0 Å². The van der Waals surface area contributed by atoms with Crippen molar-refractivity contribution in [1.82, 2.24) is 0 Å². The maximum Gasteiger partial charge on any atom is 0.476 e. The predicted octanol–water partition coefficient (Wildman–Crippen LogP) is 2.05. The Morgan fingerprint density at radius 3 is 1.68 bits per heavy atom. The highest BCUT2D eigenvalue weighted by molar-refractivity contribution is 6.13. The Morgan fingerprint density at radius 2 is 1.37 bits per heavy atom. The lowest BCUT2D eigenvalue weighted by Crippen LogP contribution is -2.54. The first-order valence-electron chi connectivity index (χ1n) is 4.11. The minimum atomic E-state index is -6.66. The molecule has 0 aromatic carbocycles. The van der Waals surface area contributed by atoms with E-state index in [2.05, 4.69) is 16.1 Å². The number of carbonyl (C=O) groups excluding carboxylic acids is 2. The smallest absolute Gasteiger partial charge is 0.465 e.